The molecule has 0 unspecified atom stereocenters. The molecule has 2 aromatic rings. The predicted molar refractivity (Wildman–Crippen MR) is 138 cm³/mol. The third kappa shape index (κ3) is 7.80. The van der Waals surface area contributed by atoms with Crippen molar-refractivity contribution in [2.45, 2.75) is 23.5 Å². The lowest BCUT2D eigenvalue weighted by atomic mass is 9.93. The highest BCUT2D eigenvalue weighted by molar-refractivity contribution is 7.89. The van der Waals surface area contributed by atoms with Crippen molar-refractivity contribution < 1.29 is 37.3 Å². The zero-order valence-corrected chi connectivity index (χ0v) is 22.0. The van der Waals surface area contributed by atoms with Crippen LogP contribution >= 0.6 is 11.6 Å². The highest BCUT2D eigenvalue weighted by Gasteiger charge is 2.30. The van der Waals surface area contributed by atoms with Crippen LogP contribution in [0.4, 0.5) is 0 Å². The van der Waals surface area contributed by atoms with Gasteiger partial charge in [0.25, 0.3) is 0 Å². The van der Waals surface area contributed by atoms with Crippen molar-refractivity contribution >= 4 is 27.6 Å². The Morgan fingerprint density at radius 3 is 2.51 bits per heavy atom. The van der Waals surface area contributed by atoms with E-state index < -0.39 is 22.3 Å². The molecule has 0 radical (unpaired) electrons. The highest BCUT2D eigenvalue weighted by atomic mass is 35.5. The molecule has 0 aromatic heterocycles. The average Bonchev–Trinajstić information content (AvgIpc) is 2.91. The summed E-state index contributed by atoms with van der Waals surface area (Å²) in [6, 6.07) is 13.2. The van der Waals surface area contributed by atoms with Gasteiger partial charge < -0.3 is 24.1 Å². The van der Waals surface area contributed by atoms with Gasteiger partial charge in [-0.05, 0) is 48.0 Å². The minimum Gasteiger partial charge on any atom is -0.497 e. The maximum Gasteiger partial charge on any atom is 0.373 e. The molecule has 1 aliphatic heterocycles. The maximum atomic E-state index is 13.1. The first-order valence-electron chi connectivity index (χ1n) is 11.6. The first kappa shape index (κ1) is 28.7. The van der Waals surface area contributed by atoms with Crippen LogP contribution in [0.1, 0.15) is 17.9 Å². The third-order valence-electron chi connectivity index (χ3n) is 5.58. The average molecular weight is 552 g/mol. The molecular formula is C26H30ClNO8S. The van der Waals surface area contributed by atoms with E-state index in [0.29, 0.717) is 17.2 Å². The summed E-state index contributed by atoms with van der Waals surface area (Å²) < 4.78 is 49.1. The third-order valence-corrected chi connectivity index (χ3v) is 7.74. The standard InChI is InChI=1S/C26H30ClNO8S/c1-3-15-35-26(30)24-17-20(19-4-6-21(27)7-5-19)18-25(36-24)34-16-13-28(12-14-29)37(31,32)23-10-8-22(33-2)9-11-23/h3-11,17,20,25,29H,1,12-16,18H2,2H3/t20-,25+/m1/s1. The number of nitrogens with zero attached hydrogens (tertiary/aromatic N) is 1. The molecule has 0 amide bonds. The summed E-state index contributed by atoms with van der Waals surface area (Å²) in [5.41, 5.74) is 0.902. The lowest BCUT2D eigenvalue weighted by Gasteiger charge is -2.30. The second-order valence-electron chi connectivity index (χ2n) is 8.03. The molecule has 2 atom stereocenters. The number of sulfonamides is 1. The number of aliphatic hydroxyl groups excluding tert-OH is 1. The first-order chi connectivity index (χ1) is 17.8. The minimum absolute atomic E-state index is 0.00359. The number of esters is 1. The number of rotatable bonds is 13. The van der Waals surface area contributed by atoms with Crippen LogP contribution in [0.3, 0.4) is 0 Å². The monoisotopic (exact) mass is 551 g/mol. The van der Waals surface area contributed by atoms with E-state index in [-0.39, 0.29) is 49.5 Å². The fourth-order valence-electron chi connectivity index (χ4n) is 3.70. The Morgan fingerprint density at radius 2 is 1.89 bits per heavy atom. The summed E-state index contributed by atoms with van der Waals surface area (Å²) in [6.45, 7) is 3.00. The van der Waals surface area contributed by atoms with Crippen molar-refractivity contribution in [3.8, 4) is 5.75 Å². The molecule has 1 aliphatic rings. The Morgan fingerprint density at radius 1 is 1.19 bits per heavy atom. The molecule has 0 aliphatic carbocycles. The highest BCUT2D eigenvalue weighted by Crippen LogP contribution is 2.32. The van der Waals surface area contributed by atoms with Crippen molar-refractivity contribution in [1.82, 2.24) is 4.31 Å². The Balaban J connectivity index is 1.71. The predicted octanol–water partition coefficient (Wildman–Crippen LogP) is 3.49. The van der Waals surface area contributed by atoms with Crippen LogP contribution in [0.25, 0.3) is 0 Å². The Labute approximate surface area is 221 Å². The SMILES string of the molecule is C=CCOC(=O)C1=C[C@@H](c2ccc(Cl)cc2)C[C@@H](OCCN(CCO)S(=O)(=O)c2ccc(OC)cc2)O1. The zero-order chi connectivity index (χ0) is 26.8. The molecule has 9 nitrogen and oxygen atoms in total. The number of carbonyl (C=O) groups is 1. The summed E-state index contributed by atoms with van der Waals surface area (Å²) >= 11 is 6.01. The number of aliphatic hydroxyl groups is 1. The minimum atomic E-state index is -3.89. The fourth-order valence-corrected chi connectivity index (χ4v) is 5.24. The normalized spacial score (nSPS) is 17.6. The topological polar surface area (TPSA) is 112 Å². The van der Waals surface area contributed by atoms with Gasteiger partial charge in [-0.2, -0.15) is 4.31 Å². The van der Waals surface area contributed by atoms with Crippen molar-refractivity contribution in [3.63, 3.8) is 0 Å². The van der Waals surface area contributed by atoms with Gasteiger partial charge in [0.1, 0.15) is 12.4 Å². The van der Waals surface area contributed by atoms with Gasteiger partial charge in [0.05, 0.1) is 25.2 Å². The molecule has 0 saturated carbocycles. The molecule has 0 fully saturated rings. The number of carbonyl (C=O) groups excluding carboxylic acids is 1. The number of hydrogen-bond donors (Lipinski definition) is 1. The molecular weight excluding hydrogens is 522 g/mol. The molecule has 11 heteroatoms. The summed E-state index contributed by atoms with van der Waals surface area (Å²) in [5, 5.41) is 10.0. The van der Waals surface area contributed by atoms with Crippen LogP contribution < -0.4 is 4.74 Å². The lowest BCUT2D eigenvalue weighted by Crippen LogP contribution is -2.37. The number of allylic oxidation sites excluding steroid dienone is 1. The van der Waals surface area contributed by atoms with Gasteiger partial charge in [0, 0.05) is 30.5 Å². The van der Waals surface area contributed by atoms with Crippen LogP contribution in [0.2, 0.25) is 5.02 Å². The molecule has 37 heavy (non-hydrogen) atoms. The van der Waals surface area contributed by atoms with E-state index in [0.717, 1.165) is 9.87 Å². The first-order valence-corrected chi connectivity index (χ1v) is 13.4. The molecule has 0 saturated heterocycles. The van der Waals surface area contributed by atoms with Crippen LogP contribution in [-0.2, 0) is 29.0 Å². The van der Waals surface area contributed by atoms with Crippen molar-refractivity contribution in [1.29, 1.82) is 0 Å². The number of methoxy groups -OCH3 is 1. The summed E-state index contributed by atoms with van der Waals surface area (Å²) in [7, 11) is -2.40. The van der Waals surface area contributed by atoms with Gasteiger partial charge >= 0.3 is 5.97 Å². The van der Waals surface area contributed by atoms with Crippen molar-refractivity contribution in [2.24, 2.45) is 0 Å². The Bertz CT molecular complexity index is 1180. The van der Waals surface area contributed by atoms with Crippen LogP contribution in [0.5, 0.6) is 5.75 Å². The summed E-state index contributed by atoms with van der Waals surface area (Å²) in [6.07, 6.45) is 2.66. The van der Waals surface area contributed by atoms with Gasteiger partial charge in [-0.25, -0.2) is 13.2 Å². The van der Waals surface area contributed by atoms with E-state index in [1.54, 1.807) is 30.3 Å². The molecule has 3 rings (SSSR count). The molecule has 1 N–H and O–H groups in total. The fraction of sp³-hybridized carbons (Fsp3) is 0.346. The largest absolute Gasteiger partial charge is 0.497 e. The molecule has 1 heterocycles. The van der Waals surface area contributed by atoms with E-state index in [1.807, 2.05) is 12.1 Å². The van der Waals surface area contributed by atoms with Crippen LogP contribution in [0.15, 0.2) is 77.9 Å². The van der Waals surface area contributed by atoms with E-state index in [1.165, 1.54) is 25.3 Å². The number of ether oxygens (including phenoxy) is 4. The van der Waals surface area contributed by atoms with Gasteiger partial charge in [-0.1, -0.05) is 36.4 Å². The molecule has 0 bridgehead atoms. The lowest BCUT2D eigenvalue weighted by molar-refractivity contribution is -0.160. The van der Waals surface area contributed by atoms with E-state index in [9.17, 15) is 18.3 Å². The smallest absolute Gasteiger partial charge is 0.373 e. The van der Waals surface area contributed by atoms with Crippen LogP contribution in [-0.4, -0.2) is 70.1 Å². The number of halogens is 1. The van der Waals surface area contributed by atoms with Gasteiger partial charge in [0.2, 0.25) is 22.1 Å². The maximum absolute atomic E-state index is 13.1. The second-order valence-corrected chi connectivity index (χ2v) is 10.4. The Kier molecular flexibility index (Phi) is 10.5. The van der Waals surface area contributed by atoms with Gasteiger partial charge in [0.15, 0.2) is 0 Å². The molecule has 2 aromatic carbocycles. The van der Waals surface area contributed by atoms with E-state index in [2.05, 4.69) is 6.58 Å². The second kappa shape index (κ2) is 13.6. The van der Waals surface area contributed by atoms with Crippen molar-refractivity contribution in [3.05, 3.63) is 83.6 Å². The van der Waals surface area contributed by atoms with Crippen molar-refractivity contribution in [2.75, 3.05) is 40.0 Å². The summed E-state index contributed by atoms with van der Waals surface area (Å²) in [4.78, 5) is 12.5. The van der Waals surface area contributed by atoms with Gasteiger partial charge in [-0.3, -0.25) is 0 Å². The number of hydrogen-bond acceptors (Lipinski definition) is 8. The number of benzene rings is 2. The van der Waals surface area contributed by atoms with Crippen LogP contribution in [0, 0.1) is 0 Å². The molecule has 0 spiro atoms. The van der Waals surface area contributed by atoms with E-state index in [4.69, 9.17) is 30.5 Å². The van der Waals surface area contributed by atoms with Gasteiger partial charge in [-0.15, -0.1) is 0 Å². The summed E-state index contributed by atoms with van der Waals surface area (Å²) in [5.74, 6) is -0.359. The van der Waals surface area contributed by atoms with E-state index >= 15 is 0 Å². The quantitative estimate of drug-likeness (QED) is 0.297. The molecule has 200 valence electrons. The zero-order valence-electron chi connectivity index (χ0n) is 20.4. The Hall–Kier alpha value is -2.89.